The van der Waals surface area contributed by atoms with E-state index < -0.39 is 15.6 Å². The van der Waals surface area contributed by atoms with Gasteiger partial charge >= 0.3 is 0 Å². The maximum absolute atomic E-state index is 12.7. The SMILES string of the molecule is C[C@@H]1C[C@H]1CN(CC(=O)N(C)C)c1cc(-c2nnc([C@](C)(N)Cc3ccccc3)o2)c(Cl)c(N(C)S(C)(=O)=O)n1. The molecule has 1 aromatic carbocycles. The van der Waals surface area contributed by atoms with E-state index in [1.807, 2.05) is 35.2 Å². The topological polar surface area (TPSA) is 139 Å². The number of carbonyl (C=O) groups is 1. The molecule has 0 unspecified atom stereocenters. The van der Waals surface area contributed by atoms with Gasteiger partial charge in [-0.2, -0.15) is 0 Å². The molecule has 11 nitrogen and oxygen atoms in total. The zero-order valence-corrected chi connectivity index (χ0v) is 25.2. The van der Waals surface area contributed by atoms with E-state index in [0.29, 0.717) is 30.6 Å². The van der Waals surface area contributed by atoms with E-state index in [1.165, 1.54) is 11.9 Å². The predicted octanol–water partition coefficient (Wildman–Crippen LogP) is 3.15. The van der Waals surface area contributed by atoms with E-state index in [2.05, 4.69) is 22.1 Å². The van der Waals surface area contributed by atoms with Crippen LogP contribution in [0, 0.1) is 11.8 Å². The normalized spacial score (nSPS) is 18.2. The first-order valence-corrected chi connectivity index (χ1v) is 15.2. The number of aromatic nitrogens is 3. The van der Waals surface area contributed by atoms with Crippen LogP contribution in [0.1, 0.15) is 31.7 Å². The lowest BCUT2D eigenvalue weighted by molar-refractivity contribution is -0.127. The second-order valence-electron chi connectivity index (χ2n) is 11.0. The van der Waals surface area contributed by atoms with E-state index in [9.17, 15) is 13.2 Å². The third kappa shape index (κ3) is 6.73. The Kier molecular flexibility index (Phi) is 8.44. The smallest absolute Gasteiger partial charge is 0.249 e. The van der Waals surface area contributed by atoms with Crippen LogP contribution in [-0.4, -0.2) is 74.9 Å². The number of hydrogen-bond acceptors (Lipinski definition) is 9. The number of likely N-dealkylation sites (N-methyl/N-ethyl adjacent to an activating group) is 1. The molecule has 2 heterocycles. The van der Waals surface area contributed by atoms with Crippen molar-refractivity contribution >= 4 is 39.2 Å². The van der Waals surface area contributed by atoms with Crippen LogP contribution in [0.25, 0.3) is 11.5 Å². The number of rotatable bonds is 11. The summed E-state index contributed by atoms with van der Waals surface area (Å²) in [5.74, 6) is 1.41. The lowest BCUT2D eigenvalue weighted by Gasteiger charge is -2.27. The van der Waals surface area contributed by atoms with Gasteiger partial charge in [-0.05, 0) is 43.2 Å². The zero-order chi connectivity index (χ0) is 29.4. The van der Waals surface area contributed by atoms with E-state index in [-0.39, 0.29) is 40.6 Å². The van der Waals surface area contributed by atoms with Crippen LogP contribution in [-0.2, 0) is 26.8 Å². The third-order valence-electron chi connectivity index (χ3n) is 7.16. The Morgan fingerprint density at radius 3 is 2.42 bits per heavy atom. The maximum atomic E-state index is 12.7. The van der Waals surface area contributed by atoms with Crippen molar-refractivity contribution in [3.8, 4) is 11.5 Å². The van der Waals surface area contributed by atoms with E-state index in [0.717, 1.165) is 22.5 Å². The molecule has 1 aliphatic rings. The summed E-state index contributed by atoms with van der Waals surface area (Å²) in [5.41, 5.74) is 6.91. The van der Waals surface area contributed by atoms with Gasteiger partial charge in [-0.3, -0.25) is 9.10 Å². The summed E-state index contributed by atoms with van der Waals surface area (Å²) in [7, 11) is 1.01. The summed E-state index contributed by atoms with van der Waals surface area (Å²) in [5, 5.41) is 8.46. The summed E-state index contributed by atoms with van der Waals surface area (Å²) >= 11 is 6.75. The van der Waals surface area contributed by atoms with Gasteiger partial charge in [0.05, 0.1) is 28.9 Å². The molecule has 3 aromatic rings. The van der Waals surface area contributed by atoms with Crippen molar-refractivity contribution in [2.45, 2.75) is 32.2 Å². The monoisotopic (exact) mass is 589 g/mol. The molecule has 2 aromatic heterocycles. The van der Waals surface area contributed by atoms with Gasteiger partial charge in [0, 0.05) is 27.7 Å². The zero-order valence-electron chi connectivity index (χ0n) is 23.6. The fourth-order valence-corrected chi connectivity index (χ4v) is 5.13. The molecule has 1 saturated carbocycles. The molecule has 4 rings (SSSR count). The number of carbonyl (C=O) groups excluding carboxylic acids is 1. The highest BCUT2D eigenvalue weighted by Gasteiger charge is 2.36. The first-order valence-electron chi connectivity index (χ1n) is 12.9. The number of sulfonamides is 1. The van der Waals surface area contributed by atoms with Crippen LogP contribution in [0.2, 0.25) is 5.02 Å². The molecule has 2 N–H and O–H groups in total. The summed E-state index contributed by atoms with van der Waals surface area (Å²) in [6.07, 6.45) is 2.55. The minimum atomic E-state index is -3.72. The molecule has 0 bridgehead atoms. The Balaban J connectivity index is 1.79. The average Bonchev–Trinajstić information content (AvgIpc) is 3.34. The second-order valence-corrected chi connectivity index (χ2v) is 13.4. The number of nitrogens with zero attached hydrogens (tertiary/aromatic N) is 6. The van der Waals surface area contributed by atoms with Gasteiger partial charge in [0.25, 0.3) is 0 Å². The first-order chi connectivity index (χ1) is 18.7. The standard InChI is InChI=1S/C27H36ClN7O4S/c1-17-12-19(17)15-35(16-22(36)33(3)4)21-13-20(23(28)24(30-21)34(5)40(6,37)38)25-31-32-26(39-25)27(2,29)14-18-10-8-7-9-11-18/h7-11,13,17,19H,12,14-16,29H2,1-6H3/t17-,19+,27-/m1/s1. The molecule has 216 valence electrons. The van der Waals surface area contributed by atoms with Gasteiger partial charge in [0.15, 0.2) is 5.82 Å². The first kappa shape index (κ1) is 29.8. The Bertz CT molecular complexity index is 1480. The second kappa shape index (κ2) is 11.3. The van der Waals surface area contributed by atoms with Gasteiger partial charge in [-0.1, -0.05) is 48.9 Å². The van der Waals surface area contributed by atoms with Crippen molar-refractivity contribution in [2.24, 2.45) is 17.6 Å². The molecular formula is C27H36ClN7O4S. The fraction of sp³-hybridized carbons (Fsp3) is 0.481. The molecule has 13 heteroatoms. The summed E-state index contributed by atoms with van der Waals surface area (Å²) in [4.78, 5) is 20.7. The summed E-state index contributed by atoms with van der Waals surface area (Å²) in [6.45, 7) is 4.58. The highest BCUT2D eigenvalue weighted by Crippen LogP contribution is 2.41. The molecular weight excluding hydrogens is 554 g/mol. The lowest BCUT2D eigenvalue weighted by Crippen LogP contribution is -2.38. The van der Waals surface area contributed by atoms with Crippen LogP contribution in [0.4, 0.5) is 11.6 Å². The molecule has 40 heavy (non-hydrogen) atoms. The number of benzene rings is 1. The minimum Gasteiger partial charge on any atom is -0.419 e. The third-order valence-corrected chi connectivity index (χ3v) is 8.70. The Labute approximate surface area is 240 Å². The lowest BCUT2D eigenvalue weighted by atomic mass is 9.94. The van der Waals surface area contributed by atoms with Crippen molar-refractivity contribution in [1.82, 2.24) is 20.1 Å². The molecule has 1 amide bonds. The van der Waals surface area contributed by atoms with Gasteiger partial charge in [-0.25, -0.2) is 13.4 Å². The van der Waals surface area contributed by atoms with Crippen molar-refractivity contribution < 1.29 is 17.6 Å². The van der Waals surface area contributed by atoms with Gasteiger partial charge < -0.3 is 20.0 Å². The largest absolute Gasteiger partial charge is 0.419 e. The molecule has 1 fully saturated rings. The van der Waals surface area contributed by atoms with Gasteiger partial charge in [0.2, 0.25) is 27.7 Å². The van der Waals surface area contributed by atoms with Crippen molar-refractivity contribution in [3.05, 3.63) is 52.9 Å². The Hall–Kier alpha value is -3.22. The Morgan fingerprint density at radius 1 is 1.20 bits per heavy atom. The van der Waals surface area contributed by atoms with Crippen LogP contribution in [0.5, 0.6) is 0 Å². The van der Waals surface area contributed by atoms with Crippen LogP contribution in [0.15, 0.2) is 40.8 Å². The molecule has 0 aliphatic heterocycles. The predicted molar refractivity (Wildman–Crippen MR) is 156 cm³/mol. The number of anilines is 2. The number of halogens is 1. The van der Waals surface area contributed by atoms with E-state index >= 15 is 0 Å². The number of pyridine rings is 1. The Morgan fingerprint density at radius 2 is 1.85 bits per heavy atom. The molecule has 0 spiro atoms. The van der Waals surface area contributed by atoms with E-state index in [1.54, 1.807) is 27.1 Å². The maximum Gasteiger partial charge on any atom is 0.249 e. The van der Waals surface area contributed by atoms with Crippen LogP contribution in [0.3, 0.4) is 0 Å². The molecule has 0 radical (unpaired) electrons. The quantitative estimate of drug-likeness (QED) is 0.357. The highest BCUT2D eigenvalue weighted by molar-refractivity contribution is 7.92. The van der Waals surface area contributed by atoms with Crippen molar-refractivity contribution in [2.75, 3.05) is 49.7 Å². The summed E-state index contributed by atoms with van der Waals surface area (Å²) < 4.78 is 32.1. The highest BCUT2D eigenvalue weighted by atomic mass is 35.5. The number of nitrogens with two attached hydrogens (primary N) is 1. The molecule has 3 atom stereocenters. The van der Waals surface area contributed by atoms with Crippen LogP contribution < -0.4 is 14.9 Å². The van der Waals surface area contributed by atoms with Crippen molar-refractivity contribution in [1.29, 1.82) is 0 Å². The average molecular weight is 590 g/mol. The number of amides is 1. The van der Waals surface area contributed by atoms with Crippen molar-refractivity contribution in [3.63, 3.8) is 0 Å². The minimum absolute atomic E-state index is 0.0117. The van der Waals surface area contributed by atoms with Crippen LogP contribution >= 0.6 is 11.6 Å². The molecule has 0 saturated heterocycles. The fourth-order valence-electron chi connectivity index (χ4n) is 4.32. The number of hydrogen-bond donors (Lipinski definition) is 1. The van der Waals surface area contributed by atoms with Gasteiger partial charge in [-0.15, -0.1) is 10.2 Å². The van der Waals surface area contributed by atoms with E-state index in [4.69, 9.17) is 21.8 Å². The summed E-state index contributed by atoms with van der Waals surface area (Å²) in [6, 6.07) is 11.4. The van der Waals surface area contributed by atoms with Gasteiger partial charge in [0.1, 0.15) is 5.82 Å². The molecule has 1 aliphatic carbocycles.